The average molecular weight is 198 g/mol. The SMILES string of the molecule is Cc1ccc(Cl)cc1C(=O)C(C)N. The van der Waals surface area contributed by atoms with Crippen molar-refractivity contribution < 1.29 is 4.79 Å². The lowest BCUT2D eigenvalue weighted by Gasteiger charge is -2.07. The van der Waals surface area contributed by atoms with Crippen LogP contribution in [0, 0.1) is 6.92 Å². The maximum Gasteiger partial charge on any atom is 0.179 e. The zero-order valence-corrected chi connectivity index (χ0v) is 8.43. The number of carbonyl (C=O) groups excluding carboxylic acids is 1. The van der Waals surface area contributed by atoms with E-state index in [1.54, 1.807) is 19.1 Å². The molecule has 0 aliphatic heterocycles. The second-order valence-electron chi connectivity index (χ2n) is 3.11. The van der Waals surface area contributed by atoms with Gasteiger partial charge in [0.25, 0.3) is 0 Å². The van der Waals surface area contributed by atoms with Crippen molar-refractivity contribution in [2.75, 3.05) is 0 Å². The molecule has 13 heavy (non-hydrogen) atoms. The van der Waals surface area contributed by atoms with Crippen LogP contribution in [0.3, 0.4) is 0 Å². The molecule has 1 rings (SSSR count). The molecule has 0 saturated carbocycles. The van der Waals surface area contributed by atoms with E-state index in [1.807, 2.05) is 13.0 Å². The minimum Gasteiger partial charge on any atom is -0.321 e. The van der Waals surface area contributed by atoms with Crippen LogP contribution in [0.15, 0.2) is 18.2 Å². The Labute approximate surface area is 82.7 Å². The van der Waals surface area contributed by atoms with Crippen LogP contribution >= 0.6 is 11.6 Å². The van der Waals surface area contributed by atoms with Gasteiger partial charge in [-0.1, -0.05) is 17.7 Å². The number of ketones is 1. The molecule has 1 unspecified atom stereocenters. The van der Waals surface area contributed by atoms with Crippen LogP contribution < -0.4 is 5.73 Å². The van der Waals surface area contributed by atoms with Gasteiger partial charge in [-0.15, -0.1) is 0 Å². The second kappa shape index (κ2) is 3.90. The fraction of sp³-hybridized carbons (Fsp3) is 0.300. The van der Waals surface area contributed by atoms with Gasteiger partial charge in [0.15, 0.2) is 5.78 Å². The molecule has 0 aliphatic rings. The van der Waals surface area contributed by atoms with E-state index in [-0.39, 0.29) is 5.78 Å². The van der Waals surface area contributed by atoms with Crippen LogP contribution in [-0.2, 0) is 0 Å². The predicted octanol–water partition coefficient (Wildman–Crippen LogP) is 2.18. The summed E-state index contributed by atoms with van der Waals surface area (Å²) in [7, 11) is 0. The highest BCUT2D eigenvalue weighted by Crippen LogP contribution is 2.16. The number of rotatable bonds is 2. The van der Waals surface area contributed by atoms with Gasteiger partial charge in [-0.2, -0.15) is 0 Å². The number of Topliss-reactive ketones (excluding diaryl/α,β-unsaturated/α-hetero) is 1. The van der Waals surface area contributed by atoms with E-state index in [9.17, 15) is 4.79 Å². The van der Waals surface area contributed by atoms with Gasteiger partial charge in [0.05, 0.1) is 6.04 Å². The molecule has 1 aromatic rings. The smallest absolute Gasteiger partial charge is 0.179 e. The molecule has 0 spiro atoms. The van der Waals surface area contributed by atoms with Crippen LogP contribution in [0.5, 0.6) is 0 Å². The van der Waals surface area contributed by atoms with Gasteiger partial charge in [-0.3, -0.25) is 4.79 Å². The first-order chi connectivity index (χ1) is 6.02. The van der Waals surface area contributed by atoms with E-state index in [1.165, 1.54) is 0 Å². The zero-order chi connectivity index (χ0) is 10.0. The summed E-state index contributed by atoms with van der Waals surface area (Å²) in [6.07, 6.45) is 0. The minimum atomic E-state index is -0.475. The molecule has 0 amide bonds. The number of carbonyl (C=O) groups is 1. The fourth-order valence-electron chi connectivity index (χ4n) is 1.10. The lowest BCUT2D eigenvalue weighted by Crippen LogP contribution is -2.27. The molecule has 0 saturated heterocycles. The Kier molecular flexibility index (Phi) is 3.07. The molecule has 0 radical (unpaired) electrons. The topological polar surface area (TPSA) is 43.1 Å². The number of halogens is 1. The van der Waals surface area contributed by atoms with E-state index in [0.29, 0.717) is 10.6 Å². The van der Waals surface area contributed by atoms with Crippen molar-refractivity contribution in [3.63, 3.8) is 0 Å². The van der Waals surface area contributed by atoms with Crippen molar-refractivity contribution in [2.45, 2.75) is 19.9 Å². The number of benzene rings is 1. The van der Waals surface area contributed by atoms with Gasteiger partial charge in [-0.05, 0) is 31.5 Å². The van der Waals surface area contributed by atoms with Crippen LogP contribution in [-0.4, -0.2) is 11.8 Å². The zero-order valence-electron chi connectivity index (χ0n) is 7.67. The first-order valence-electron chi connectivity index (χ1n) is 4.08. The molecule has 0 fully saturated rings. The van der Waals surface area contributed by atoms with Crippen molar-refractivity contribution in [1.82, 2.24) is 0 Å². The standard InChI is InChI=1S/C10H12ClNO/c1-6-3-4-8(11)5-9(6)10(13)7(2)12/h3-5,7H,12H2,1-2H3. The Hall–Kier alpha value is -0.860. The van der Waals surface area contributed by atoms with E-state index in [0.717, 1.165) is 5.56 Å². The van der Waals surface area contributed by atoms with E-state index in [2.05, 4.69) is 0 Å². The molecule has 1 atom stereocenters. The highest BCUT2D eigenvalue weighted by molar-refractivity contribution is 6.31. The molecule has 1 aromatic carbocycles. The third-order valence-electron chi connectivity index (χ3n) is 1.88. The average Bonchev–Trinajstić information content (AvgIpc) is 2.08. The summed E-state index contributed by atoms with van der Waals surface area (Å²) in [5.74, 6) is -0.0694. The largest absolute Gasteiger partial charge is 0.321 e. The number of hydrogen-bond acceptors (Lipinski definition) is 2. The molecule has 0 aromatic heterocycles. The molecule has 0 aliphatic carbocycles. The van der Waals surface area contributed by atoms with Gasteiger partial charge in [0.1, 0.15) is 0 Å². The van der Waals surface area contributed by atoms with E-state index in [4.69, 9.17) is 17.3 Å². The van der Waals surface area contributed by atoms with Crippen LogP contribution in [0.1, 0.15) is 22.8 Å². The quantitative estimate of drug-likeness (QED) is 0.739. The predicted molar refractivity (Wildman–Crippen MR) is 54.2 cm³/mol. The van der Waals surface area contributed by atoms with Gasteiger partial charge in [0.2, 0.25) is 0 Å². The van der Waals surface area contributed by atoms with Crippen molar-refractivity contribution in [2.24, 2.45) is 5.73 Å². The van der Waals surface area contributed by atoms with Crippen molar-refractivity contribution in [1.29, 1.82) is 0 Å². The van der Waals surface area contributed by atoms with Gasteiger partial charge in [-0.25, -0.2) is 0 Å². The van der Waals surface area contributed by atoms with Crippen LogP contribution in [0.2, 0.25) is 5.02 Å². The Balaban J connectivity index is 3.13. The summed E-state index contributed by atoms with van der Waals surface area (Å²) in [5.41, 5.74) is 7.02. The fourth-order valence-corrected chi connectivity index (χ4v) is 1.28. The molecule has 2 N–H and O–H groups in total. The summed E-state index contributed by atoms with van der Waals surface area (Å²) in [4.78, 5) is 11.5. The van der Waals surface area contributed by atoms with E-state index >= 15 is 0 Å². The number of hydrogen-bond donors (Lipinski definition) is 1. The molecular weight excluding hydrogens is 186 g/mol. The third-order valence-corrected chi connectivity index (χ3v) is 2.11. The highest BCUT2D eigenvalue weighted by Gasteiger charge is 2.13. The van der Waals surface area contributed by atoms with E-state index < -0.39 is 6.04 Å². The lowest BCUT2D eigenvalue weighted by molar-refractivity contribution is 0.0967. The summed E-state index contributed by atoms with van der Waals surface area (Å²) in [5, 5.41) is 0.564. The molecule has 0 heterocycles. The van der Waals surface area contributed by atoms with Crippen LogP contribution in [0.4, 0.5) is 0 Å². The molecule has 3 heteroatoms. The Morgan fingerprint density at radius 2 is 2.15 bits per heavy atom. The molecule has 70 valence electrons. The monoisotopic (exact) mass is 197 g/mol. The molecular formula is C10H12ClNO. The first-order valence-corrected chi connectivity index (χ1v) is 4.46. The van der Waals surface area contributed by atoms with Crippen molar-refractivity contribution in [3.05, 3.63) is 34.3 Å². The Morgan fingerprint density at radius 3 is 2.69 bits per heavy atom. The number of nitrogens with two attached hydrogens (primary N) is 1. The lowest BCUT2D eigenvalue weighted by atomic mass is 10.0. The van der Waals surface area contributed by atoms with Crippen LogP contribution in [0.25, 0.3) is 0 Å². The summed E-state index contributed by atoms with van der Waals surface area (Å²) >= 11 is 5.77. The van der Waals surface area contributed by atoms with Gasteiger partial charge in [0, 0.05) is 10.6 Å². The second-order valence-corrected chi connectivity index (χ2v) is 3.55. The highest BCUT2D eigenvalue weighted by atomic mass is 35.5. The maximum atomic E-state index is 11.5. The van der Waals surface area contributed by atoms with Crippen molar-refractivity contribution >= 4 is 17.4 Å². The van der Waals surface area contributed by atoms with Crippen molar-refractivity contribution in [3.8, 4) is 0 Å². The molecule has 0 bridgehead atoms. The summed E-state index contributed by atoms with van der Waals surface area (Å²) < 4.78 is 0. The molecule has 2 nitrogen and oxygen atoms in total. The Morgan fingerprint density at radius 1 is 1.54 bits per heavy atom. The minimum absolute atomic E-state index is 0.0694. The summed E-state index contributed by atoms with van der Waals surface area (Å²) in [6.45, 7) is 3.54. The van der Waals surface area contributed by atoms with Gasteiger partial charge >= 0.3 is 0 Å². The maximum absolute atomic E-state index is 11.5. The summed E-state index contributed by atoms with van der Waals surface area (Å²) in [6, 6.07) is 4.76. The first kappa shape index (κ1) is 10.2. The van der Waals surface area contributed by atoms with Gasteiger partial charge < -0.3 is 5.73 Å². The normalized spacial score (nSPS) is 12.6. The Bertz CT molecular complexity index is 334. The third kappa shape index (κ3) is 2.29. The number of aryl methyl sites for hydroxylation is 1.